The number of anilines is 1. The molecule has 0 fully saturated rings. The molecule has 0 heterocycles. The van der Waals surface area contributed by atoms with Crippen molar-refractivity contribution in [1.29, 1.82) is 0 Å². The monoisotopic (exact) mass is 291 g/mol. The van der Waals surface area contributed by atoms with Crippen molar-refractivity contribution in [1.82, 2.24) is 10.2 Å². The molecule has 0 radical (unpaired) electrons. The number of benzene rings is 1. The van der Waals surface area contributed by atoms with E-state index < -0.39 is 0 Å². The number of rotatable bonds is 3. The fourth-order valence-electron chi connectivity index (χ4n) is 2.27. The summed E-state index contributed by atoms with van der Waals surface area (Å²) in [7, 11) is 7.58. The molecule has 1 rings (SSSR count). The Balaban J connectivity index is 2.96. The number of carbonyl (C=O) groups excluding carboxylic acids is 1. The van der Waals surface area contributed by atoms with Gasteiger partial charge in [-0.2, -0.15) is 5.32 Å². The van der Waals surface area contributed by atoms with Crippen molar-refractivity contribution in [2.24, 2.45) is 0 Å². The molecule has 5 heteroatoms. The number of nitrogens with one attached hydrogen (secondary N) is 2. The molecule has 0 aliphatic heterocycles. The first-order valence-corrected chi connectivity index (χ1v) is 7.31. The molecule has 2 amide bonds. The van der Waals surface area contributed by atoms with Gasteiger partial charge in [0.05, 0.1) is 33.9 Å². The van der Waals surface area contributed by atoms with Crippen molar-refractivity contribution >= 4 is 17.7 Å². The summed E-state index contributed by atoms with van der Waals surface area (Å²) in [6, 6.07) is 5.93. The summed E-state index contributed by atoms with van der Waals surface area (Å²) in [6.45, 7) is 4.18. The maximum absolute atomic E-state index is 12.3. The van der Waals surface area contributed by atoms with Crippen molar-refractivity contribution < 1.29 is 9.37 Å². The van der Waals surface area contributed by atoms with Crippen LogP contribution in [0.5, 0.6) is 0 Å². The molecule has 116 valence electrons. The maximum Gasteiger partial charge on any atom is 0.384 e. The Morgan fingerprint density at radius 2 is 1.67 bits per heavy atom. The number of para-hydroxylation sites is 1. The van der Waals surface area contributed by atoms with Crippen LogP contribution in [0.15, 0.2) is 18.2 Å². The molecule has 0 aliphatic carbocycles. The highest BCUT2D eigenvalue weighted by atomic mass is 16.2. The normalized spacial score (nSPS) is 10.0. The van der Waals surface area contributed by atoms with Crippen LogP contribution in [0.4, 0.5) is 10.5 Å². The van der Waals surface area contributed by atoms with Gasteiger partial charge in [-0.3, -0.25) is 14.8 Å². The highest BCUT2D eigenvalue weighted by Gasteiger charge is 2.18. The third-order valence-corrected chi connectivity index (χ3v) is 3.31. The van der Waals surface area contributed by atoms with Gasteiger partial charge in [0.25, 0.3) is 0 Å². The van der Waals surface area contributed by atoms with Crippen LogP contribution in [0, 0.1) is 0 Å². The fourth-order valence-corrected chi connectivity index (χ4v) is 2.27. The third-order valence-electron chi connectivity index (χ3n) is 3.31. The molecular weight excluding hydrogens is 264 g/mol. The third kappa shape index (κ3) is 4.48. The van der Waals surface area contributed by atoms with Crippen LogP contribution in [0.1, 0.15) is 25.0 Å². The average Bonchev–Trinajstić information content (AvgIpc) is 2.44. The average molecular weight is 291 g/mol. The van der Waals surface area contributed by atoms with E-state index in [2.05, 4.69) is 36.6 Å². The Morgan fingerprint density at radius 3 is 2.05 bits per heavy atom. The van der Waals surface area contributed by atoms with Gasteiger partial charge >= 0.3 is 12.0 Å². The molecule has 5 nitrogen and oxygen atoms in total. The van der Waals surface area contributed by atoms with E-state index in [1.54, 1.807) is 0 Å². The number of nitrogens with zero attached hydrogens (tertiary/aromatic N) is 2. The zero-order chi connectivity index (χ0) is 16.0. The van der Waals surface area contributed by atoms with Gasteiger partial charge in [-0.25, -0.2) is 4.79 Å². The van der Waals surface area contributed by atoms with Crippen molar-refractivity contribution in [2.45, 2.75) is 26.7 Å². The van der Waals surface area contributed by atoms with Crippen LogP contribution in [-0.2, 0) is 12.8 Å². The molecule has 1 aromatic carbocycles. The summed E-state index contributed by atoms with van der Waals surface area (Å²) < 4.78 is 1.87. The molecule has 1 aromatic rings. The largest absolute Gasteiger partial charge is 0.384 e. The number of guanidine groups is 1. The Labute approximate surface area is 127 Å². The number of hydrogen-bond acceptors (Lipinski definition) is 1. The zero-order valence-corrected chi connectivity index (χ0v) is 13.9. The Bertz CT molecular complexity index is 509. The van der Waals surface area contributed by atoms with Crippen LogP contribution >= 0.6 is 0 Å². The number of carbonyl (C=O) groups is 1. The molecule has 21 heavy (non-hydrogen) atoms. The van der Waals surface area contributed by atoms with Gasteiger partial charge in [0.2, 0.25) is 0 Å². The van der Waals surface area contributed by atoms with Crippen LogP contribution in [0.2, 0.25) is 0 Å². The van der Waals surface area contributed by atoms with Crippen molar-refractivity contribution in [2.75, 3.05) is 33.5 Å². The minimum Gasteiger partial charge on any atom is -0.294 e. The Hall–Kier alpha value is -2.04. The predicted octanol–water partition coefficient (Wildman–Crippen LogP) is 2.12. The van der Waals surface area contributed by atoms with Gasteiger partial charge in [0, 0.05) is 0 Å². The van der Waals surface area contributed by atoms with Crippen LogP contribution in [0.3, 0.4) is 0 Å². The van der Waals surface area contributed by atoms with E-state index in [1.807, 2.05) is 43.7 Å². The van der Waals surface area contributed by atoms with Gasteiger partial charge in [0.1, 0.15) is 0 Å². The van der Waals surface area contributed by atoms with E-state index in [1.165, 1.54) is 0 Å². The second-order valence-corrected chi connectivity index (χ2v) is 5.35. The summed E-state index contributed by atoms with van der Waals surface area (Å²) in [5.41, 5.74) is 3.23. The molecule has 0 aliphatic rings. The van der Waals surface area contributed by atoms with Crippen LogP contribution < -0.4 is 10.6 Å². The minimum absolute atomic E-state index is 0.219. The lowest BCUT2D eigenvalue weighted by molar-refractivity contribution is -0.471. The highest BCUT2D eigenvalue weighted by Crippen LogP contribution is 2.22. The van der Waals surface area contributed by atoms with Crippen molar-refractivity contribution in [3.05, 3.63) is 29.3 Å². The summed E-state index contributed by atoms with van der Waals surface area (Å²) in [6.07, 6.45) is 1.78. The topological polar surface area (TPSA) is 47.4 Å². The summed E-state index contributed by atoms with van der Waals surface area (Å²) in [5.74, 6) is 0.736. The van der Waals surface area contributed by atoms with Gasteiger partial charge in [-0.05, 0) is 24.0 Å². The molecule has 0 spiro atoms. The summed E-state index contributed by atoms with van der Waals surface area (Å²) >= 11 is 0. The smallest absolute Gasteiger partial charge is 0.294 e. The number of aryl methyl sites for hydroxylation is 2. The van der Waals surface area contributed by atoms with E-state index in [-0.39, 0.29) is 6.03 Å². The lowest BCUT2D eigenvalue weighted by atomic mass is 10.0. The molecule has 0 saturated heterocycles. The molecule has 0 unspecified atom stereocenters. The first-order chi connectivity index (χ1) is 9.90. The lowest BCUT2D eigenvalue weighted by Crippen LogP contribution is -2.46. The number of amides is 2. The van der Waals surface area contributed by atoms with E-state index >= 15 is 0 Å². The van der Waals surface area contributed by atoms with E-state index in [0.29, 0.717) is 0 Å². The summed E-state index contributed by atoms with van der Waals surface area (Å²) in [5, 5.41) is 5.88. The summed E-state index contributed by atoms with van der Waals surface area (Å²) in [4.78, 5) is 14.1. The standard InChI is InChI=1S/C16H26N4O/c1-7-12-10-9-11-13(8-2)14(12)17-15(21)18-16(19(3)4)20(5)6/h9-11H,7-8H2,1-6H3,(H,17,21)/p+1. The molecule has 0 bridgehead atoms. The van der Waals surface area contributed by atoms with Crippen molar-refractivity contribution in [3.8, 4) is 0 Å². The number of urea groups is 1. The Kier molecular flexibility index (Phi) is 6.21. The number of hydrogen-bond donors (Lipinski definition) is 2. The molecule has 0 atom stereocenters. The van der Waals surface area contributed by atoms with Gasteiger partial charge in [-0.1, -0.05) is 32.0 Å². The lowest BCUT2D eigenvalue weighted by Gasteiger charge is -2.15. The van der Waals surface area contributed by atoms with Gasteiger partial charge in [-0.15, -0.1) is 0 Å². The highest BCUT2D eigenvalue weighted by molar-refractivity contribution is 6.01. The van der Waals surface area contributed by atoms with Crippen LogP contribution in [-0.4, -0.2) is 49.7 Å². The Morgan fingerprint density at radius 1 is 1.14 bits per heavy atom. The molecule has 0 aromatic heterocycles. The molecular formula is C16H27N4O+. The van der Waals surface area contributed by atoms with E-state index in [9.17, 15) is 4.79 Å². The second kappa shape index (κ2) is 7.67. The molecule has 2 N–H and O–H groups in total. The zero-order valence-electron chi connectivity index (χ0n) is 13.9. The molecule has 0 saturated carbocycles. The SMILES string of the molecule is CCc1cccc(CC)c1NC(=O)NC(N(C)C)=[N+](C)C. The van der Waals surface area contributed by atoms with Gasteiger partial charge in [0.15, 0.2) is 0 Å². The van der Waals surface area contributed by atoms with Crippen molar-refractivity contribution in [3.63, 3.8) is 0 Å². The predicted molar refractivity (Wildman–Crippen MR) is 88.2 cm³/mol. The maximum atomic E-state index is 12.3. The van der Waals surface area contributed by atoms with Crippen LogP contribution in [0.25, 0.3) is 0 Å². The first-order valence-electron chi connectivity index (χ1n) is 7.31. The quantitative estimate of drug-likeness (QED) is 0.509. The minimum atomic E-state index is -0.219. The fraction of sp³-hybridized carbons (Fsp3) is 0.500. The van der Waals surface area contributed by atoms with E-state index in [4.69, 9.17) is 0 Å². The van der Waals surface area contributed by atoms with Gasteiger partial charge < -0.3 is 0 Å². The van der Waals surface area contributed by atoms with E-state index in [0.717, 1.165) is 35.6 Å². The second-order valence-electron chi connectivity index (χ2n) is 5.35. The first kappa shape index (κ1) is 17.0.